The van der Waals surface area contributed by atoms with Gasteiger partial charge in [-0.2, -0.15) is 39.5 Å². The highest BCUT2D eigenvalue weighted by atomic mass is 32.1. The SMILES string of the molecule is CC(O)(Cc1nsc(NC(=O)c2cc(-c3cccc(OC(F)F)c3)oc2C(F)(F)F)n1)C(F)(F)F. The predicted molar refractivity (Wildman–Crippen MR) is 104 cm³/mol. The van der Waals surface area contributed by atoms with E-state index in [1.54, 1.807) is 0 Å². The van der Waals surface area contributed by atoms with Crippen LogP contribution in [0.15, 0.2) is 34.7 Å². The van der Waals surface area contributed by atoms with E-state index in [-0.39, 0.29) is 11.3 Å². The van der Waals surface area contributed by atoms with E-state index in [9.17, 15) is 45.0 Å². The summed E-state index contributed by atoms with van der Waals surface area (Å²) in [5.41, 5.74) is -4.30. The van der Waals surface area contributed by atoms with Crippen molar-refractivity contribution in [1.29, 1.82) is 0 Å². The number of nitrogens with one attached hydrogen (secondary N) is 1. The van der Waals surface area contributed by atoms with Crippen LogP contribution in [0, 0.1) is 0 Å². The first-order chi connectivity index (χ1) is 16.1. The van der Waals surface area contributed by atoms with Gasteiger partial charge in [0.25, 0.3) is 5.91 Å². The van der Waals surface area contributed by atoms with Gasteiger partial charge in [-0.1, -0.05) is 12.1 Å². The van der Waals surface area contributed by atoms with Gasteiger partial charge in [-0.15, -0.1) is 0 Å². The van der Waals surface area contributed by atoms with E-state index >= 15 is 0 Å². The molecule has 2 N–H and O–H groups in total. The second-order valence-corrected chi connectivity index (χ2v) is 7.93. The molecule has 3 aromatic rings. The normalized spacial score (nSPS) is 14.1. The maximum Gasteiger partial charge on any atom is 0.450 e. The number of aliphatic hydroxyl groups is 1. The molecule has 0 fully saturated rings. The lowest BCUT2D eigenvalue weighted by Gasteiger charge is -2.24. The molecule has 190 valence electrons. The summed E-state index contributed by atoms with van der Waals surface area (Å²) in [5.74, 6) is -4.47. The van der Waals surface area contributed by atoms with Crippen molar-refractivity contribution in [3.8, 4) is 17.1 Å². The quantitative estimate of drug-likeness (QED) is 0.390. The number of rotatable bonds is 7. The number of anilines is 1. The first-order valence-electron chi connectivity index (χ1n) is 9.26. The Hall–Kier alpha value is -3.27. The van der Waals surface area contributed by atoms with Gasteiger partial charge in [-0.05, 0) is 25.1 Å². The minimum absolute atomic E-state index is 0.111. The van der Waals surface area contributed by atoms with Crippen LogP contribution < -0.4 is 10.1 Å². The standard InChI is InChI=1S/C19H13F8N3O4S/c1-17(32,19(25,26)27)7-12-28-16(35-30-12)29-14(31)10-6-11(34-13(10)18(22,23)24)8-3-2-4-9(5-8)33-15(20)21/h2-6,15,32H,7H2,1H3,(H,28,29,30,31). The van der Waals surface area contributed by atoms with Crippen LogP contribution >= 0.6 is 11.5 Å². The minimum atomic E-state index is -5.14. The Balaban J connectivity index is 1.87. The monoisotopic (exact) mass is 531 g/mol. The van der Waals surface area contributed by atoms with E-state index in [4.69, 9.17) is 4.42 Å². The molecule has 0 radical (unpaired) electrons. The van der Waals surface area contributed by atoms with E-state index in [1.807, 2.05) is 5.32 Å². The molecule has 0 saturated carbocycles. The number of carbonyl (C=O) groups is 1. The number of carbonyl (C=O) groups excluding carboxylic acids is 1. The summed E-state index contributed by atoms with van der Waals surface area (Å²) >= 11 is 0.377. The molecule has 3 rings (SSSR count). The first kappa shape index (κ1) is 26.3. The van der Waals surface area contributed by atoms with Gasteiger partial charge in [0.05, 0.1) is 5.56 Å². The summed E-state index contributed by atoms with van der Waals surface area (Å²) in [7, 11) is 0. The molecule has 1 aromatic carbocycles. The van der Waals surface area contributed by atoms with Crippen molar-refractivity contribution in [2.75, 3.05) is 5.32 Å². The zero-order valence-electron chi connectivity index (χ0n) is 17.2. The second-order valence-electron chi connectivity index (χ2n) is 7.18. The third kappa shape index (κ3) is 6.25. The van der Waals surface area contributed by atoms with Crippen molar-refractivity contribution in [2.45, 2.75) is 37.9 Å². The van der Waals surface area contributed by atoms with Crippen molar-refractivity contribution in [2.24, 2.45) is 0 Å². The van der Waals surface area contributed by atoms with Crippen LogP contribution in [0.1, 0.15) is 28.9 Å². The molecule has 0 bridgehead atoms. The maximum absolute atomic E-state index is 13.5. The summed E-state index contributed by atoms with van der Waals surface area (Å²) in [6, 6.07) is 5.23. The van der Waals surface area contributed by atoms with Gasteiger partial charge < -0.3 is 14.3 Å². The number of furan rings is 1. The lowest BCUT2D eigenvalue weighted by Crippen LogP contribution is -2.44. The Morgan fingerprint density at radius 2 is 1.89 bits per heavy atom. The van der Waals surface area contributed by atoms with Crippen molar-refractivity contribution in [3.63, 3.8) is 0 Å². The van der Waals surface area contributed by atoms with Crippen LogP contribution in [-0.2, 0) is 12.6 Å². The smallest absolute Gasteiger partial charge is 0.450 e. The summed E-state index contributed by atoms with van der Waals surface area (Å²) in [4.78, 5) is 16.1. The van der Waals surface area contributed by atoms with Crippen LogP contribution in [0.2, 0.25) is 0 Å². The largest absolute Gasteiger partial charge is 0.451 e. The van der Waals surface area contributed by atoms with Crippen LogP contribution in [0.4, 0.5) is 40.3 Å². The number of ether oxygens (including phenoxy) is 1. The molecule has 0 aliphatic carbocycles. The van der Waals surface area contributed by atoms with Crippen LogP contribution in [0.5, 0.6) is 5.75 Å². The van der Waals surface area contributed by atoms with E-state index in [2.05, 4.69) is 14.1 Å². The Bertz CT molecular complexity index is 1200. The summed E-state index contributed by atoms with van der Waals surface area (Å²) in [6.07, 6.45) is -11.2. The van der Waals surface area contributed by atoms with Gasteiger partial charge in [-0.25, -0.2) is 4.98 Å². The predicted octanol–water partition coefficient (Wildman–Crippen LogP) is 5.53. The van der Waals surface area contributed by atoms with Crippen LogP contribution in [0.25, 0.3) is 11.3 Å². The third-order valence-corrected chi connectivity index (χ3v) is 5.05. The number of alkyl halides is 8. The number of hydrogen-bond acceptors (Lipinski definition) is 7. The van der Waals surface area contributed by atoms with Crippen molar-refractivity contribution in [3.05, 3.63) is 47.5 Å². The highest BCUT2D eigenvalue weighted by Crippen LogP contribution is 2.38. The Morgan fingerprint density at radius 1 is 1.20 bits per heavy atom. The fraction of sp³-hybridized carbons (Fsp3) is 0.316. The molecule has 35 heavy (non-hydrogen) atoms. The van der Waals surface area contributed by atoms with E-state index in [0.29, 0.717) is 24.5 Å². The van der Waals surface area contributed by atoms with Gasteiger partial charge in [-0.3, -0.25) is 10.1 Å². The average Bonchev–Trinajstić information content (AvgIpc) is 3.33. The van der Waals surface area contributed by atoms with Crippen molar-refractivity contribution in [1.82, 2.24) is 9.36 Å². The average molecular weight is 531 g/mol. The number of nitrogens with zero attached hydrogens (tertiary/aromatic N) is 2. The highest BCUT2D eigenvalue weighted by Gasteiger charge is 2.50. The Morgan fingerprint density at radius 3 is 2.49 bits per heavy atom. The number of aromatic nitrogens is 2. The number of halogens is 8. The van der Waals surface area contributed by atoms with Gasteiger partial charge in [0, 0.05) is 23.5 Å². The summed E-state index contributed by atoms with van der Waals surface area (Å²) in [6.45, 7) is -2.71. The molecular weight excluding hydrogens is 518 g/mol. The molecule has 0 aliphatic rings. The van der Waals surface area contributed by atoms with E-state index in [1.165, 1.54) is 12.1 Å². The fourth-order valence-electron chi connectivity index (χ4n) is 2.69. The fourth-order valence-corrected chi connectivity index (χ4v) is 3.27. The topological polar surface area (TPSA) is 97.5 Å². The zero-order valence-corrected chi connectivity index (χ0v) is 18.0. The third-order valence-electron chi connectivity index (χ3n) is 4.38. The summed E-state index contributed by atoms with van der Waals surface area (Å²) in [5, 5.41) is 11.0. The molecule has 7 nitrogen and oxygen atoms in total. The lowest BCUT2D eigenvalue weighted by molar-refractivity contribution is -0.252. The Labute approximate surface area is 194 Å². The number of amides is 1. The molecule has 2 aromatic heterocycles. The van der Waals surface area contributed by atoms with Crippen LogP contribution in [0.3, 0.4) is 0 Å². The van der Waals surface area contributed by atoms with E-state index < -0.39 is 64.9 Å². The van der Waals surface area contributed by atoms with Gasteiger partial charge in [0.15, 0.2) is 5.60 Å². The molecule has 16 heteroatoms. The molecule has 0 aliphatic heterocycles. The maximum atomic E-state index is 13.5. The molecular formula is C19H13F8N3O4S. The van der Waals surface area contributed by atoms with E-state index in [0.717, 1.165) is 12.1 Å². The van der Waals surface area contributed by atoms with Crippen molar-refractivity contribution < 1.29 is 54.2 Å². The second kappa shape index (κ2) is 9.41. The lowest BCUT2D eigenvalue weighted by atomic mass is 10.0. The van der Waals surface area contributed by atoms with Gasteiger partial charge >= 0.3 is 19.0 Å². The van der Waals surface area contributed by atoms with Gasteiger partial charge in [0.1, 0.15) is 17.3 Å². The van der Waals surface area contributed by atoms with Crippen LogP contribution in [-0.4, -0.2) is 38.8 Å². The molecule has 1 unspecified atom stereocenters. The molecule has 1 atom stereocenters. The number of hydrogen-bond donors (Lipinski definition) is 2. The zero-order chi connectivity index (χ0) is 26.2. The minimum Gasteiger partial charge on any atom is -0.451 e. The molecule has 1 amide bonds. The van der Waals surface area contributed by atoms with Gasteiger partial charge in [0.2, 0.25) is 10.9 Å². The van der Waals surface area contributed by atoms with Crippen molar-refractivity contribution >= 4 is 22.6 Å². The summed E-state index contributed by atoms with van der Waals surface area (Å²) < 4.78 is 116. The number of benzene rings is 1. The molecule has 0 spiro atoms. The Kier molecular flexibility index (Phi) is 7.08. The highest BCUT2D eigenvalue weighted by molar-refractivity contribution is 7.09. The molecule has 2 heterocycles. The first-order valence-corrected chi connectivity index (χ1v) is 10.0. The molecule has 0 saturated heterocycles.